The van der Waals surface area contributed by atoms with E-state index in [0.29, 0.717) is 12.3 Å². The van der Waals surface area contributed by atoms with Crippen LogP contribution in [0, 0.1) is 5.92 Å². The molecule has 1 aliphatic carbocycles. The zero-order chi connectivity index (χ0) is 16.4. The quantitative estimate of drug-likeness (QED) is 0.822. The highest BCUT2D eigenvalue weighted by Crippen LogP contribution is 2.41. The molecule has 1 aromatic rings. The number of fused-ring (bicyclic) bond motifs is 1. The Labute approximate surface area is 151 Å². The lowest BCUT2D eigenvalue weighted by atomic mass is 9.97. The summed E-state index contributed by atoms with van der Waals surface area (Å²) in [7, 11) is 0. The minimum atomic E-state index is 0.207. The van der Waals surface area contributed by atoms with E-state index in [4.69, 9.17) is 5.73 Å². The number of hydrogen-bond acceptors (Lipinski definition) is 3. The summed E-state index contributed by atoms with van der Waals surface area (Å²) in [5.74, 6) is 1.72. The smallest absolute Gasteiger partial charge is 0.223 e. The number of carbonyl (C=O) groups is 1. The maximum absolute atomic E-state index is 12.9. The molecule has 0 bridgehead atoms. The number of hydrogen-bond donors (Lipinski definition) is 1. The van der Waals surface area contributed by atoms with Crippen molar-refractivity contribution in [3.63, 3.8) is 0 Å². The van der Waals surface area contributed by atoms with E-state index in [1.165, 1.54) is 16.9 Å². The second-order valence-corrected chi connectivity index (χ2v) is 8.63. The number of carbonyl (C=O) groups excluding carboxylic acids is 1. The first-order valence-electron chi connectivity index (χ1n) is 8.57. The number of benzene rings is 1. The van der Waals surface area contributed by atoms with Crippen LogP contribution in [0.2, 0.25) is 0 Å². The summed E-state index contributed by atoms with van der Waals surface area (Å²) >= 11 is 5.47. The maximum Gasteiger partial charge on any atom is 0.223 e. The van der Waals surface area contributed by atoms with Crippen LogP contribution in [0.3, 0.4) is 0 Å². The fourth-order valence-electron chi connectivity index (χ4n) is 3.90. The van der Waals surface area contributed by atoms with Gasteiger partial charge in [0.2, 0.25) is 5.91 Å². The lowest BCUT2D eigenvalue weighted by Gasteiger charge is -2.36. The third-order valence-corrected chi connectivity index (χ3v) is 6.79. The molecule has 1 amide bonds. The molecule has 0 spiro atoms. The Balaban J connectivity index is 1.78. The molecule has 3 rings (SSSR count). The first kappa shape index (κ1) is 17.3. The first-order chi connectivity index (χ1) is 11.1. The molecule has 2 N–H and O–H groups in total. The minimum Gasteiger partial charge on any atom is -0.336 e. The fourth-order valence-corrected chi connectivity index (χ4v) is 5.37. The Bertz CT molecular complexity index is 580. The molecule has 1 fully saturated rings. The number of rotatable bonds is 4. The van der Waals surface area contributed by atoms with Crippen LogP contribution in [-0.4, -0.2) is 29.1 Å². The molecule has 1 aromatic carbocycles. The first-order valence-corrected chi connectivity index (χ1v) is 10.3. The molecule has 0 radical (unpaired) electrons. The summed E-state index contributed by atoms with van der Waals surface area (Å²) in [4.78, 5) is 16.3. The van der Waals surface area contributed by atoms with Gasteiger partial charge in [-0.15, -0.1) is 11.8 Å². The van der Waals surface area contributed by atoms with Crippen LogP contribution in [0.25, 0.3) is 0 Å². The molecule has 0 aromatic heterocycles. The maximum atomic E-state index is 12.9. The van der Waals surface area contributed by atoms with Crippen LogP contribution in [0.5, 0.6) is 0 Å². The zero-order valence-corrected chi connectivity index (χ0v) is 16.0. The molecule has 1 unspecified atom stereocenters. The molecule has 3 nitrogen and oxygen atoms in total. The standard InChI is InChI=1S/C18H25BrN2OS/c1-2-21(18(22)10-12-4-3-5-15(12)20)16-8-9-23-17-7-6-13(19)11-14(16)17/h6-7,11-12,15-16H,2-5,8-10,20H2,1H3/t12-,15+,16?/m0/s1. The van der Waals surface area contributed by atoms with Gasteiger partial charge in [0.05, 0.1) is 6.04 Å². The van der Waals surface area contributed by atoms with E-state index in [2.05, 4.69) is 46.0 Å². The van der Waals surface area contributed by atoms with Crippen molar-refractivity contribution in [1.29, 1.82) is 0 Å². The summed E-state index contributed by atoms with van der Waals surface area (Å²) in [5.41, 5.74) is 7.46. The van der Waals surface area contributed by atoms with Gasteiger partial charge in [-0.25, -0.2) is 0 Å². The van der Waals surface area contributed by atoms with Gasteiger partial charge in [-0.2, -0.15) is 0 Å². The van der Waals surface area contributed by atoms with Gasteiger partial charge in [-0.3, -0.25) is 4.79 Å². The van der Waals surface area contributed by atoms with Crippen molar-refractivity contribution in [3.8, 4) is 0 Å². The van der Waals surface area contributed by atoms with Crippen LogP contribution in [0.15, 0.2) is 27.6 Å². The average molecular weight is 397 g/mol. The van der Waals surface area contributed by atoms with E-state index in [0.717, 1.165) is 36.0 Å². The predicted octanol–water partition coefficient (Wildman–Crippen LogP) is 4.35. The predicted molar refractivity (Wildman–Crippen MR) is 99.5 cm³/mol. The zero-order valence-electron chi connectivity index (χ0n) is 13.6. The van der Waals surface area contributed by atoms with E-state index >= 15 is 0 Å². The number of thioether (sulfide) groups is 1. The molecule has 0 saturated heterocycles. The van der Waals surface area contributed by atoms with Crippen LogP contribution in [-0.2, 0) is 4.79 Å². The molecule has 126 valence electrons. The molecule has 3 atom stereocenters. The van der Waals surface area contributed by atoms with Gasteiger partial charge in [-0.05, 0) is 55.9 Å². The van der Waals surface area contributed by atoms with Crippen LogP contribution < -0.4 is 5.73 Å². The van der Waals surface area contributed by atoms with E-state index in [-0.39, 0.29) is 18.0 Å². The second kappa shape index (κ2) is 7.58. The average Bonchev–Trinajstić information content (AvgIpc) is 2.93. The van der Waals surface area contributed by atoms with Gasteiger partial charge in [-0.1, -0.05) is 22.4 Å². The van der Waals surface area contributed by atoms with Crippen molar-refractivity contribution in [2.24, 2.45) is 11.7 Å². The number of nitrogens with zero attached hydrogens (tertiary/aromatic N) is 1. The highest BCUT2D eigenvalue weighted by atomic mass is 79.9. The lowest BCUT2D eigenvalue weighted by Crippen LogP contribution is -2.38. The molecular weight excluding hydrogens is 372 g/mol. The molecule has 1 aliphatic heterocycles. The van der Waals surface area contributed by atoms with Crippen molar-refractivity contribution in [2.75, 3.05) is 12.3 Å². The van der Waals surface area contributed by atoms with Crippen LogP contribution >= 0.6 is 27.7 Å². The van der Waals surface area contributed by atoms with E-state index in [9.17, 15) is 4.79 Å². The van der Waals surface area contributed by atoms with Gasteiger partial charge in [0.1, 0.15) is 0 Å². The Kier molecular flexibility index (Phi) is 5.70. The summed E-state index contributed by atoms with van der Waals surface area (Å²) in [5, 5.41) is 0. The largest absolute Gasteiger partial charge is 0.336 e. The summed E-state index contributed by atoms with van der Waals surface area (Å²) in [6.45, 7) is 2.86. The fraction of sp³-hybridized carbons (Fsp3) is 0.611. The SMILES string of the molecule is CCN(C(=O)C[C@@H]1CCC[C@H]1N)C1CCSc2ccc(Br)cc21. The van der Waals surface area contributed by atoms with Gasteiger partial charge in [0.15, 0.2) is 0 Å². The summed E-state index contributed by atoms with van der Waals surface area (Å²) in [6, 6.07) is 6.86. The third-order valence-electron chi connectivity index (χ3n) is 5.17. The molecule has 2 aliphatic rings. The lowest BCUT2D eigenvalue weighted by molar-refractivity contribution is -0.134. The number of halogens is 1. The Morgan fingerprint density at radius 3 is 2.91 bits per heavy atom. The van der Waals surface area contributed by atoms with E-state index in [1.54, 1.807) is 0 Å². The van der Waals surface area contributed by atoms with Crippen LogP contribution in [0.1, 0.15) is 50.6 Å². The topological polar surface area (TPSA) is 46.3 Å². The highest BCUT2D eigenvalue weighted by Gasteiger charge is 2.32. The normalized spacial score (nSPS) is 26.8. The Morgan fingerprint density at radius 1 is 1.39 bits per heavy atom. The second-order valence-electron chi connectivity index (χ2n) is 6.57. The van der Waals surface area contributed by atoms with Gasteiger partial charge < -0.3 is 10.6 Å². The Hall–Kier alpha value is -0.520. The molecule has 5 heteroatoms. The van der Waals surface area contributed by atoms with Crippen LogP contribution in [0.4, 0.5) is 0 Å². The number of nitrogens with two attached hydrogens (primary N) is 1. The summed E-state index contributed by atoms with van der Waals surface area (Å²) < 4.78 is 1.09. The van der Waals surface area contributed by atoms with Crippen molar-refractivity contribution in [2.45, 2.75) is 56.0 Å². The van der Waals surface area contributed by atoms with Crippen molar-refractivity contribution in [1.82, 2.24) is 4.90 Å². The molecule has 1 heterocycles. The monoisotopic (exact) mass is 396 g/mol. The number of amides is 1. The Morgan fingerprint density at radius 2 is 2.22 bits per heavy atom. The van der Waals surface area contributed by atoms with Gasteiger partial charge in [0.25, 0.3) is 0 Å². The van der Waals surface area contributed by atoms with Crippen molar-refractivity contribution >= 4 is 33.6 Å². The molecule has 23 heavy (non-hydrogen) atoms. The molecular formula is C18H25BrN2OS. The van der Waals surface area contributed by atoms with E-state index in [1.807, 2.05) is 11.8 Å². The van der Waals surface area contributed by atoms with Gasteiger partial charge >= 0.3 is 0 Å². The van der Waals surface area contributed by atoms with Gasteiger partial charge in [0, 0.05) is 34.1 Å². The highest BCUT2D eigenvalue weighted by molar-refractivity contribution is 9.10. The van der Waals surface area contributed by atoms with Crippen molar-refractivity contribution in [3.05, 3.63) is 28.2 Å². The third kappa shape index (κ3) is 3.77. The van der Waals surface area contributed by atoms with E-state index < -0.39 is 0 Å². The van der Waals surface area contributed by atoms with Crippen molar-refractivity contribution < 1.29 is 4.79 Å². The minimum absolute atomic E-state index is 0.207. The molecule has 1 saturated carbocycles. The summed E-state index contributed by atoms with van der Waals surface area (Å²) in [6.07, 6.45) is 4.99.